The van der Waals surface area contributed by atoms with Crippen molar-refractivity contribution in [1.82, 2.24) is 15.1 Å². The maximum atomic E-state index is 11.9. The number of hydrogen-bond donors (Lipinski definition) is 2. The van der Waals surface area contributed by atoms with Gasteiger partial charge in [-0.15, -0.1) is 0 Å². The standard InChI is InChI=1S/C10H13N3O3/c14-9(15)6-13(5-7-1-2-7)10(16)8-3-4-11-12-8/h3-4,7H,1-2,5-6H2,(H,11,12)(H,14,15). The molecule has 6 heteroatoms. The fourth-order valence-electron chi connectivity index (χ4n) is 1.54. The zero-order chi connectivity index (χ0) is 11.5. The molecular weight excluding hydrogens is 210 g/mol. The van der Waals surface area contributed by atoms with Crippen LogP contribution in [0.1, 0.15) is 23.3 Å². The van der Waals surface area contributed by atoms with Crippen LogP contribution in [-0.4, -0.2) is 45.2 Å². The molecule has 0 atom stereocenters. The van der Waals surface area contributed by atoms with Gasteiger partial charge in [-0.05, 0) is 24.8 Å². The molecule has 1 heterocycles. The van der Waals surface area contributed by atoms with Crippen LogP contribution in [0.3, 0.4) is 0 Å². The molecule has 2 rings (SSSR count). The summed E-state index contributed by atoms with van der Waals surface area (Å²) in [5.74, 6) is -0.827. The summed E-state index contributed by atoms with van der Waals surface area (Å²) < 4.78 is 0. The highest BCUT2D eigenvalue weighted by atomic mass is 16.4. The molecule has 1 aromatic heterocycles. The number of rotatable bonds is 5. The number of carboxylic acid groups (broad SMARTS) is 1. The average Bonchev–Trinajstić information content (AvgIpc) is 2.88. The van der Waals surface area contributed by atoms with Gasteiger partial charge in [0.25, 0.3) is 5.91 Å². The van der Waals surface area contributed by atoms with Crippen LogP contribution >= 0.6 is 0 Å². The van der Waals surface area contributed by atoms with Crippen molar-refractivity contribution in [1.29, 1.82) is 0 Å². The van der Waals surface area contributed by atoms with Gasteiger partial charge in [0.1, 0.15) is 12.2 Å². The first-order valence-electron chi connectivity index (χ1n) is 5.17. The maximum Gasteiger partial charge on any atom is 0.323 e. The summed E-state index contributed by atoms with van der Waals surface area (Å²) in [4.78, 5) is 23.9. The maximum absolute atomic E-state index is 11.9. The molecule has 1 aromatic rings. The number of aliphatic carboxylic acids is 1. The van der Waals surface area contributed by atoms with Gasteiger partial charge < -0.3 is 10.0 Å². The van der Waals surface area contributed by atoms with Crippen molar-refractivity contribution >= 4 is 11.9 Å². The van der Waals surface area contributed by atoms with Crippen LogP contribution in [0.2, 0.25) is 0 Å². The third kappa shape index (κ3) is 2.59. The number of carboxylic acids is 1. The van der Waals surface area contributed by atoms with Gasteiger partial charge >= 0.3 is 5.97 Å². The van der Waals surface area contributed by atoms with Crippen LogP contribution in [0.4, 0.5) is 0 Å². The van der Waals surface area contributed by atoms with Crippen LogP contribution in [0.15, 0.2) is 12.3 Å². The van der Waals surface area contributed by atoms with Crippen molar-refractivity contribution in [2.45, 2.75) is 12.8 Å². The van der Waals surface area contributed by atoms with Crippen molar-refractivity contribution in [3.8, 4) is 0 Å². The number of amides is 1. The van der Waals surface area contributed by atoms with Crippen LogP contribution in [0.5, 0.6) is 0 Å². The minimum absolute atomic E-state index is 0.256. The molecule has 1 amide bonds. The fourth-order valence-corrected chi connectivity index (χ4v) is 1.54. The molecule has 1 saturated carbocycles. The first-order valence-corrected chi connectivity index (χ1v) is 5.17. The monoisotopic (exact) mass is 223 g/mol. The van der Waals surface area contributed by atoms with E-state index in [2.05, 4.69) is 10.2 Å². The highest BCUT2D eigenvalue weighted by molar-refractivity contribution is 5.94. The first kappa shape index (κ1) is 10.7. The van der Waals surface area contributed by atoms with Gasteiger partial charge in [0.2, 0.25) is 0 Å². The van der Waals surface area contributed by atoms with Crippen molar-refractivity contribution in [3.05, 3.63) is 18.0 Å². The molecule has 16 heavy (non-hydrogen) atoms. The van der Waals surface area contributed by atoms with E-state index < -0.39 is 5.97 Å². The normalized spacial score (nSPS) is 14.8. The van der Waals surface area contributed by atoms with Crippen molar-refractivity contribution < 1.29 is 14.7 Å². The molecule has 0 saturated heterocycles. The SMILES string of the molecule is O=C(O)CN(CC1CC1)C(=O)c1ccn[nH]1. The topological polar surface area (TPSA) is 86.3 Å². The summed E-state index contributed by atoms with van der Waals surface area (Å²) in [6.45, 7) is 0.262. The highest BCUT2D eigenvalue weighted by Gasteiger charge is 2.28. The Morgan fingerprint density at radius 3 is 2.81 bits per heavy atom. The summed E-state index contributed by atoms with van der Waals surface area (Å²) in [5, 5.41) is 15.0. The Morgan fingerprint density at radius 2 is 2.31 bits per heavy atom. The van der Waals surface area contributed by atoms with E-state index in [4.69, 9.17) is 5.11 Å². The Kier molecular flexibility index (Phi) is 2.89. The van der Waals surface area contributed by atoms with Crippen LogP contribution in [0.25, 0.3) is 0 Å². The van der Waals surface area contributed by atoms with E-state index in [0.29, 0.717) is 18.2 Å². The predicted molar refractivity (Wildman–Crippen MR) is 54.9 cm³/mol. The van der Waals surface area contributed by atoms with Gasteiger partial charge in [0.05, 0.1) is 0 Å². The van der Waals surface area contributed by atoms with Crippen molar-refractivity contribution in [2.75, 3.05) is 13.1 Å². The zero-order valence-electron chi connectivity index (χ0n) is 8.72. The third-order valence-electron chi connectivity index (χ3n) is 2.52. The van der Waals surface area contributed by atoms with Crippen LogP contribution in [-0.2, 0) is 4.79 Å². The molecule has 0 bridgehead atoms. The number of H-pyrrole nitrogens is 1. The summed E-state index contributed by atoms with van der Waals surface area (Å²) in [7, 11) is 0. The number of aromatic nitrogens is 2. The lowest BCUT2D eigenvalue weighted by atomic mass is 10.3. The van der Waals surface area contributed by atoms with Gasteiger partial charge in [0, 0.05) is 12.7 Å². The molecule has 0 aromatic carbocycles. The van der Waals surface area contributed by atoms with Gasteiger partial charge in [-0.2, -0.15) is 5.10 Å². The number of aromatic amines is 1. The van der Waals surface area contributed by atoms with E-state index in [9.17, 15) is 9.59 Å². The number of carbonyl (C=O) groups is 2. The lowest BCUT2D eigenvalue weighted by molar-refractivity contribution is -0.137. The highest BCUT2D eigenvalue weighted by Crippen LogP contribution is 2.29. The molecule has 0 aliphatic heterocycles. The second kappa shape index (κ2) is 4.34. The van der Waals surface area contributed by atoms with E-state index in [0.717, 1.165) is 12.8 Å². The molecule has 86 valence electrons. The molecule has 0 spiro atoms. The van der Waals surface area contributed by atoms with Crippen molar-refractivity contribution in [2.24, 2.45) is 5.92 Å². The van der Waals surface area contributed by atoms with E-state index in [1.54, 1.807) is 6.07 Å². The second-order valence-electron chi connectivity index (χ2n) is 3.99. The minimum Gasteiger partial charge on any atom is -0.480 e. The molecule has 1 fully saturated rings. The molecule has 1 aliphatic rings. The quantitative estimate of drug-likeness (QED) is 0.754. The van der Waals surface area contributed by atoms with Crippen LogP contribution in [0, 0.1) is 5.92 Å². The average molecular weight is 223 g/mol. The van der Waals surface area contributed by atoms with Crippen LogP contribution < -0.4 is 0 Å². The summed E-state index contributed by atoms with van der Waals surface area (Å²) >= 11 is 0. The molecular formula is C10H13N3O3. The van der Waals surface area contributed by atoms with Gasteiger partial charge in [-0.25, -0.2) is 0 Å². The largest absolute Gasteiger partial charge is 0.480 e. The lowest BCUT2D eigenvalue weighted by Gasteiger charge is -2.19. The summed E-state index contributed by atoms with van der Waals surface area (Å²) in [6, 6.07) is 1.55. The lowest BCUT2D eigenvalue weighted by Crippen LogP contribution is -2.37. The number of hydrogen-bond acceptors (Lipinski definition) is 3. The van der Waals surface area contributed by atoms with E-state index in [-0.39, 0.29) is 12.5 Å². The smallest absolute Gasteiger partial charge is 0.323 e. The summed E-state index contributed by atoms with van der Waals surface area (Å²) in [5.41, 5.74) is 0.335. The number of nitrogens with one attached hydrogen (secondary N) is 1. The van der Waals surface area contributed by atoms with E-state index >= 15 is 0 Å². The van der Waals surface area contributed by atoms with Crippen molar-refractivity contribution in [3.63, 3.8) is 0 Å². The molecule has 0 radical (unpaired) electrons. The Hall–Kier alpha value is -1.85. The zero-order valence-corrected chi connectivity index (χ0v) is 8.72. The Balaban J connectivity index is 2.04. The second-order valence-corrected chi connectivity index (χ2v) is 3.99. The van der Waals surface area contributed by atoms with Gasteiger partial charge in [-0.3, -0.25) is 14.7 Å². The molecule has 2 N–H and O–H groups in total. The minimum atomic E-state index is -0.992. The first-order chi connectivity index (χ1) is 7.66. The van der Waals surface area contributed by atoms with Gasteiger partial charge in [-0.1, -0.05) is 0 Å². The Bertz CT molecular complexity index is 384. The molecule has 1 aliphatic carbocycles. The Morgan fingerprint density at radius 1 is 1.56 bits per heavy atom. The molecule has 6 nitrogen and oxygen atoms in total. The number of nitrogens with zero attached hydrogens (tertiary/aromatic N) is 2. The third-order valence-corrected chi connectivity index (χ3v) is 2.52. The summed E-state index contributed by atoms with van der Waals surface area (Å²) in [6.07, 6.45) is 3.63. The fraction of sp³-hybridized carbons (Fsp3) is 0.500. The molecule has 0 unspecified atom stereocenters. The Labute approximate surface area is 92.3 Å². The number of carbonyl (C=O) groups excluding carboxylic acids is 1. The van der Waals surface area contributed by atoms with Gasteiger partial charge in [0.15, 0.2) is 0 Å². The van der Waals surface area contributed by atoms with E-state index in [1.807, 2.05) is 0 Å². The predicted octanol–water partition coefficient (Wildman–Crippen LogP) is 0.346. The van der Waals surface area contributed by atoms with E-state index in [1.165, 1.54) is 11.1 Å².